The van der Waals surface area contributed by atoms with Crippen molar-refractivity contribution in [2.45, 2.75) is 25.6 Å². The molecule has 1 N–H and O–H groups in total. The van der Waals surface area contributed by atoms with Gasteiger partial charge in [-0.25, -0.2) is 4.98 Å². The monoisotopic (exact) mass is 430 g/mol. The minimum atomic E-state index is -4.52. The van der Waals surface area contributed by atoms with Crippen LogP contribution in [0.4, 0.5) is 13.2 Å². The van der Waals surface area contributed by atoms with Gasteiger partial charge in [-0.1, -0.05) is 12.1 Å². The Labute approximate surface area is 174 Å². The van der Waals surface area contributed by atoms with Crippen molar-refractivity contribution in [2.75, 3.05) is 6.61 Å². The van der Waals surface area contributed by atoms with E-state index >= 15 is 0 Å². The van der Waals surface area contributed by atoms with Gasteiger partial charge >= 0.3 is 12.1 Å². The first-order valence-electron chi connectivity index (χ1n) is 9.50. The van der Waals surface area contributed by atoms with Crippen LogP contribution in [0.2, 0.25) is 0 Å². The average Bonchev–Trinajstić information content (AvgIpc) is 3.10. The molecule has 3 aromatic rings. The Morgan fingerprint density at radius 3 is 2.77 bits per heavy atom. The third-order valence-electron chi connectivity index (χ3n) is 4.96. The summed E-state index contributed by atoms with van der Waals surface area (Å²) in [5.74, 6) is -0.125. The van der Waals surface area contributed by atoms with Gasteiger partial charge in [0, 0.05) is 6.54 Å². The molecule has 0 atom stereocenters. The molecule has 1 aliphatic rings. The number of allylic oxidation sites excluding steroid dienone is 1. The van der Waals surface area contributed by atoms with Crippen molar-refractivity contribution >= 4 is 28.5 Å². The molecule has 9 heteroatoms. The Hall–Kier alpha value is -3.62. The van der Waals surface area contributed by atoms with Gasteiger partial charge in [0.2, 0.25) is 0 Å². The quantitative estimate of drug-likeness (QED) is 0.656. The lowest BCUT2D eigenvalue weighted by Gasteiger charge is -2.09. The van der Waals surface area contributed by atoms with Gasteiger partial charge in [0.1, 0.15) is 11.6 Å². The molecule has 0 spiro atoms. The van der Waals surface area contributed by atoms with Crippen molar-refractivity contribution < 1.29 is 27.8 Å². The van der Waals surface area contributed by atoms with E-state index in [4.69, 9.17) is 9.84 Å². The molecule has 1 aliphatic heterocycles. The van der Waals surface area contributed by atoms with E-state index in [1.54, 1.807) is 30.3 Å². The minimum absolute atomic E-state index is 0.00429. The Morgan fingerprint density at radius 1 is 1.23 bits per heavy atom. The number of ether oxygens (including phenoxy) is 1. The Balaban J connectivity index is 1.70. The van der Waals surface area contributed by atoms with Crippen molar-refractivity contribution in [3.05, 3.63) is 69.8 Å². The molecule has 31 heavy (non-hydrogen) atoms. The van der Waals surface area contributed by atoms with Crippen LogP contribution < -0.4 is 10.3 Å². The van der Waals surface area contributed by atoms with Gasteiger partial charge in [0.15, 0.2) is 0 Å². The predicted octanol–water partition coefficient (Wildman–Crippen LogP) is 4.21. The molecule has 0 unspecified atom stereocenters. The normalized spacial score (nSPS) is 14.7. The molecule has 6 nitrogen and oxygen atoms in total. The first-order chi connectivity index (χ1) is 14.7. The second-order valence-corrected chi connectivity index (χ2v) is 7.11. The lowest BCUT2D eigenvalue weighted by Crippen LogP contribution is -2.21. The molecular formula is C22H17F3N2O4. The van der Waals surface area contributed by atoms with E-state index in [-0.39, 0.29) is 29.5 Å². The highest BCUT2D eigenvalue weighted by Crippen LogP contribution is 2.32. The summed E-state index contributed by atoms with van der Waals surface area (Å²) in [6, 6.07) is 9.92. The molecule has 0 aliphatic carbocycles. The number of carbonyl (C=O) groups is 1. The third kappa shape index (κ3) is 4.30. The molecule has 0 amide bonds. The molecule has 0 bridgehead atoms. The average molecular weight is 430 g/mol. The van der Waals surface area contributed by atoms with Crippen LogP contribution in [-0.2, 0) is 17.5 Å². The van der Waals surface area contributed by atoms with Gasteiger partial charge in [-0.2, -0.15) is 13.2 Å². The first kappa shape index (κ1) is 20.6. The number of hydrogen-bond acceptors (Lipinski definition) is 4. The van der Waals surface area contributed by atoms with Crippen LogP contribution in [0.15, 0.2) is 47.3 Å². The fourth-order valence-corrected chi connectivity index (χ4v) is 3.48. The van der Waals surface area contributed by atoms with Crippen LogP contribution in [0.25, 0.3) is 22.6 Å². The van der Waals surface area contributed by atoms with Crippen LogP contribution in [-0.4, -0.2) is 27.2 Å². The number of hydrogen-bond donors (Lipinski definition) is 1. The van der Waals surface area contributed by atoms with Crippen LogP contribution in [0.5, 0.6) is 5.75 Å². The fourth-order valence-electron chi connectivity index (χ4n) is 3.48. The molecule has 160 valence electrons. The van der Waals surface area contributed by atoms with Crippen LogP contribution in [0, 0.1) is 0 Å². The topological polar surface area (TPSA) is 81.4 Å². The van der Waals surface area contributed by atoms with Gasteiger partial charge in [-0.3, -0.25) is 14.2 Å². The van der Waals surface area contributed by atoms with Crippen LogP contribution >= 0.6 is 0 Å². The minimum Gasteiger partial charge on any atom is -0.493 e. The number of carboxylic acid groups (broad SMARTS) is 1. The van der Waals surface area contributed by atoms with Gasteiger partial charge < -0.3 is 9.84 Å². The van der Waals surface area contributed by atoms with E-state index in [2.05, 4.69) is 4.98 Å². The highest BCUT2D eigenvalue weighted by molar-refractivity contribution is 5.85. The molecule has 2 heterocycles. The Bertz CT molecular complexity index is 1260. The summed E-state index contributed by atoms with van der Waals surface area (Å²) in [5, 5.41) is 8.85. The van der Waals surface area contributed by atoms with Gasteiger partial charge in [-0.15, -0.1) is 0 Å². The maximum atomic E-state index is 13.1. The molecule has 0 radical (unpaired) electrons. The summed E-state index contributed by atoms with van der Waals surface area (Å²) in [4.78, 5) is 27.7. The van der Waals surface area contributed by atoms with E-state index < -0.39 is 17.7 Å². The molecule has 0 saturated carbocycles. The largest absolute Gasteiger partial charge is 0.493 e. The highest BCUT2D eigenvalue weighted by atomic mass is 19.4. The second-order valence-electron chi connectivity index (χ2n) is 7.11. The van der Waals surface area contributed by atoms with Crippen molar-refractivity contribution in [2.24, 2.45) is 0 Å². The number of rotatable bonds is 5. The second kappa shape index (κ2) is 7.90. The van der Waals surface area contributed by atoms with E-state index in [0.29, 0.717) is 24.5 Å². The number of halogens is 3. The molecule has 2 aromatic carbocycles. The first-order valence-corrected chi connectivity index (χ1v) is 9.50. The zero-order valence-electron chi connectivity index (χ0n) is 16.1. The standard InChI is InChI=1S/C22H17F3N2O4/c23-22(24,25)15-4-5-17-18(12-15)26-20-14(6-8-27(20)21(17)30)10-13-2-1-3-16(11-13)31-9-7-19(28)29/h1-5,10-12H,6-9H2,(H,28,29)/b14-10+. The number of aliphatic carboxylic acids is 1. The Morgan fingerprint density at radius 2 is 2.03 bits per heavy atom. The van der Waals surface area contributed by atoms with Crippen LogP contribution in [0.1, 0.15) is 29.8 Å². The predicted molar refractivity (Wildman–Crippen MR) is 108 cm³/mol. The molecular weight excluding hydrogens is 413 g/mol. The van der Waals surface area contributed by atoms with Gasteiger partial charge in [-0.05, 0) is 54.0 Å². The maximum Gasteiger partial charge on any atom is 0.416 e. The molecule has 4 rings (SSSR count). The number of nitrogens with zero attached hydrogens (tertiary/aromatic N) is 2. The zero-order chi connectivity index (χ0) is 22.2. The molecule has 1 aromatic heterocycles. The summed E-state index contributed by atoms with van der Waals surface area (Å²) >= 11 is 0. The van der Waals surface area contributed by atoms with Gasteiger partial charge in [0.25, 0.3) is 5.56 Å². The van der Waals surface area contributed by atoms with E-state index in [9.17, 15) is 22.8 Å². The number of fused-ring (bicyclic) bond motifs is 2. The number of carboxylic acids is 1. The summed E-state index contributed by atoms with van der Waals surface area (Å²) in [7, 11) is 0. The van der Waals surface area contributed by atoms with Crippen molar-refractivity contribution in [3.63, 3.8) is 0 Å². The van der Waals surface area contributed by atoms with Gasteiger partial charge in [0.05, 0.1) is 29.5 Å². The number of benzene rings is 2. The highest BCUT2D eigenvalue weighted by Gasteiger charge is 2.31. The fraction of sp³-hybridized carbons (Fsp3) is 0.227. The number of aromatic nitrogens is 2. The number of alkyl halides is 3. The van der Waals surface area contributed by atoms with E-state index in [1.165, 1.54) is 10.6 Å². The maximum absolute atomic E-state index is 13.1. The summed E-state index contributed by atoms with van der Waals surface area (Å²) in [5.41, 5.74) is 0.243. The SMILES string of the molecule is O=C(O)CCOc1cccc(/C=C2\CCn3c2nc2cc(C(F)(F)F)ccc2c3=O)c1. The lowest BCUT2D eigenvalue weighted by atomic mass is 10.1. The zero-order valence-corrected chi connectivity index (χ0v) is 16.1. The van der Waals surface area contributed by atoms with E-state index in [0.717, 1.165) is 23.3 Å². The summed E-state index contributed by atoms with van der Waals surface area (Å²) < 4.78 is 46.1. The van der Waals surface area contributed by atoms with Crippen molar-refractivity contribution in [1.82, 2.24) is 9.55 Å². The summed E-state index contributed by atoms with van der Waals surface area (Å²) in [6.07, 6.45) is -2.34. The molecule has 0 fully saturated rings. The van der Waals surface area contributed by atoms with Crippen LogP contribution in [0.3, 0.4) is 0 Å². The lowest BCUT2D eigenvalue weighted by molar-refractivity contribution is -0.138. The van der Waals surface area contributed by atoms with E-state index in [1.807, 2.05) is 0 Å². The summed E-state index contributed by atoms with van der Waals surface area (Å²) in [6.45, 7) is 0.418. The van der Waals surface area contributed by atoms with Crippen molar-refractivity contribution in [3.8, 4) is 5.75 Å². The Kier molecular flexibility index (Phi) is 5.26. The smallest absolute Gasteiger partial charge is 0.416 e. The third-order valence-corrected chi connectivity index (χ3v) is 4.96. The molecule has 0 saturated heterocycles. The van der Waals surface area contributed by atoms with Crippen molar-refractivity contribution in [1.29, 1.82) is 0 Å².